The van der Waals surface area contributed by atoms with Crippen molar-refractivity contribution in [1.29, 1.82) is 0 Å². The summed E-state index contributed by atoms with van der Waals surface area (Å²) in [5.74, 6) is 0. The molecule has 0 bridgehead atoms. The van der Waals surface area contributed by atoms with Crippen molar-refractivity contribution >= 4 is 32.7 Å². The third-order valence-corrected chi connectivity index (χ3v) is 7.29. The fourth-order valence-corrected chi connectivity index (χ4v) is 4.73. The van der Waals surface area contributed by atoms with Crippen LogP contribution in [0.15, 0.2) is 67.0 Å². The van der Waals surface area contributed by atoms with Crippen LogP contribution in [0.1, 0.15) is 57.1 Å². The Morgan fingerprint density at radius 2 is 1.57 bits per heavy atom. The zero-order valence-electron chi connectivity index (χ0n) is 20.7. The Bertz CT molecular complexity index is 1170. The van der Waals surface area contributed by atoms with Crippen molar-refractivity contribution in [2.45, 2.75) is 57.6 Å². The molecular weight excluding hydrogens is 460 g/mol. The molecule has 190 valence electrons. The topological polar surface area (TPSA) is 102 Å². The fourth-order valence-electron chi connectivity index (χ4n) is 4.04. The number of anilines is 1. The van der Waals surface area contributed by atoms with E-state index in [0.717, 1.165) is 35.0 Å². The number of hydrogen-bond acceptors (Lipinski definition) is 4. The molecule has 1 aromatic heterocycles. The first-order chi connectivity index (χ1) is 16.4. The van der Waals surface area contributed by atoms with E-state index in [0.29, 0.717) is 12.8 Å². The Morgan fingerprint density at radius 3 is 2.20 bits per heavy atom. The number of nitrogens with zero attached hydrogens (tertiary/aromatic N) is 2. The Morgan fingerprint density at radius 1 is 0.943 bits per heavy atom. The Hall–Kier alpha value is -2.74. The van der Waals surface area contributed by atoms with Gasteiger partial charge in [0.25, 0.3) is 10.1 Å². The second kappa shape index (κ2) is 14.0. The highest BCUT2D eigenvalue weighted by molar-refractivity contribution is 7.86. The minimum absolute atomic E-state index is 0. The molecule has 0 radical (unpaired) electrons. The van der Waals surface area contributed by atoms with Gasteiger partial charge in [-0.15, -0.1) is 0 Å². The van der Waals surface area contributed by atoms with E-state index in [1.807, 2.05) is 18.2 Å². The van der Waals surface area contributed by atoms with Crippen molar-refractivity contribution in [3.8, 4) is 0 Å². The van der Waals surface area contributed by atoms with E-state index in [-0.39, 0.29) is 5.48 Å². The van der Waals surface area contributed by atoms with E-state index >= 15 is 0 Å². The SMILES string of the molecule is CCCCN(CCCC)c1ccc2cc(C=CC(CCc3ccncc3)S(=O)(=O)O)ccc2c1.O. The summed E-state index contributed by atoms with van der Waals surface area (Å²) in [7, 11) is -4.19. The van der Waals surface area contributed by atoms with Crippen LogP contribution >= 0.6 is 0 Å². The largest absolute Gasteiger partial charge is 0.412 e. The van der Waals surface area contributed by atoms with Crippen LogP contribution in [0, 0.1) is 0 Å². The van der Waals surface area contributed by atoms with Crippen molar-refractivity contribution in [2.75, 3.05) is 18.0 Å². The van der Waals surface area contributed by atoms with Gasteiger partial charge in [-0.3, -0.25) is 9.54 Å². The summed E-state index contributed by atoms with van der Waals surface area (Å²) < 4.78 is 33.6. The average molecular weight is 499 g/mol. The van der Waals surface area contributed by atoms with E-state index in [1.54, 1.807) is 24.5 Å². The standard InChI is InChI=1S/C28H36N2O3S.H2O/c1-3-5-19-30(20-6-4-2)27-12-11-25-21-24(7-10-26(25)22-27)9-14-28(34(31,32)33)13-8-23-15-17-29-18-16-23;/h7,9-12,14-18,21-22,28H,3-6,8,13,19-20H2,1-2H3,(H,31,32,33);1H2. The van der Waals surface area contributed by atoms with E-state index < -0.39 is 15.4 Å². The molecule has 0 saturated heterocycles. The molecule has 1 heterocycles. The van der Waals surface area contributed by atoms with Crippen molar-refractivity contribution in [2.24, 2.45) is 0 Å². The summed E-state index contributed by atoms with van der Waals surface area (Å²) in [5, 5.41) is 1.32. The molecule has 0 fully saturated rings. The number of fused-ring (bicyclic) bond motifs is 1. The minimum atomic E-state index is -4.19. The maximum Gasteiger partial charge on any atom is 0.271 e. The summed E-state index contributed by atoms with van der Waals surface area (Å²) in [6.45, 7) is 6.58. The van der Waals surface area contributed by atoms with Crippen molar-refractivity contribution in [3.05, 3.63) is 78.1 Å². The van der Waals surface area contributed by atoms with Crippen LogP contribution in [-0.2, 0) is 16.5 Å². The highest BCUT2D eigenvalue weighted by Gasteiger charge is 2.19. The number of hydrogen-bond donors (Lipinski definition) is 1. The third-order valence-electron chi connectivity index (χ3n) is 6.13. The summed E-state index contributed by atoms with van der Waals surface area (Å²) in [6.07, 6.45) is 12.3. The molecule has 3 aromatic rings. The normalized spacial score (nSPS) is 12.5. The molecule has 0 spiro atoms. The molecule has 2 aromatic carbocycles. The Labute approximate surface area is 209 Å². The molecule has 1 atom stereocenters. The first-order valence-electron chi connectivity index (χ1n) is 12.2. The Kier molecular flexibility index (Phi) is 11.4. The van der Waals surface area contributed by atoms with Gasteiger partial charge in [0.15, 0.2) is 0 Å². The van der Waals surface area contributed by atoms with E-state index in [1.165, 1.54) is 31.4 Å². The first kappa shape index (κ1) is 28.5. The molecule has 0 aliphatic rings. The predicted octanol–water partition coefficient (Wildman–Crippen LogP) is 5.72. The number of benzene rings is 2. The van der Waals surface area contributed by atoms with Gasteiger partial charge in [-0.1, -0.05) is 57.0 Å². The van der Waals surface area contributed by atoms with Gasteiger partial charge in [0.1, 0.15) is 5.25 Å². The maximum absolute atomic E-state index is 11.9. The maximum atomic E-state index is 11.9. The molecule has 7 heteroatoms. The number of aromatic nitrogens is 1. The fraction of sp³-hybridized carbons (Fsp3) is 0.393. The van der Waals surface area contributed by atoms with Crippen LogP contribution in [0.25, 0.3) is 16.8 Å². The average Bonchev–Trinajstić information content (AvgIpc) is 2.83. The van der Waals surface area contributed by atoms with E-state index in [9.17, 15) is 13.0 Å². The van der Waals surface area contributed by atoms with Gasteiger partial charge < -0.3 is 10.4 Å². The molecule has 3 N–H and O–H groups in total. The lowest BCUT2D eigenvalue weighted by Gasteiger charge is -2.25. The van der Waals surface area contributed by atoms with Gasteiger partial charge in [0, 0.05) is 31.2 Å². The van der Waals surface area contributed by atoms with Crippen molar-refractivity contribution in [3.63, 3.8) is 0 Å². The highest BCUT2D eigenvalue weighted by atomic mass is 32.2. The van der Waals surface area contributed by atoms with Gasteiger partial charge in [0.05, 0.1) is 0 Å². The summed E-state index contributed by atoms with van der Waals surface area (Å²) >= 11 is 0. The first-order valence-corrected chi connectivity index (χ1v) is 13.7. The lowest BCUT2D eigenvalue weighted by Crippen LogP contribution is -2.25. The van der Waals surface area contributed by atoms with Gasteiger partial charge in [-0.05, 0) is 77.9 Å². The molecule has 0 saturated carbocycles. The third kappa shape index (κ3) is 8.76. The van der Waals surface area contributed by atoms with E-state index in [4.69, 9.17) is 0 Å². The van der Waals surface area contributed by atoms with Crippen molar-refractivity contribution < 1.29 is 18.4 Å². The van der Waals surface area contributed by atoms with E-state index in [2.05, 4.69) is 54.1 Å². The lowest BCUT2D eigenvalue weighted by molar-refractivity contribution is 0.471. The molecule has 6 nitrogen and oxygen atoms in total. The van der Waals surface area contributed by atoms with Crippen molar-refractivity contribution in [1.82, 2.24) is 4.98 Å². The molecule has 0 amide bonds. The zero-order chi connectivity index (χ0) is 24.4. The molecule has 35 heavy (non-hydrogen) atoms. The molecule has 0 aliphatic heterocycles. The summed E-state index contributed by atoms with van der Waals surface area (Å²) in [6, 6.07) is 16.4. The summed E-state index contributed by atoms with van der Waals surface area (Å²) in [4.78, 5) is 6.45. The number of pyridine rings is 1. The zero-order valence-corrected chi connectivity index (χ0v) is 21.5. The van der Waals surface area contributed by atoms with Crippen LogP contribution < -0.4 is 4.90 Å². The smallest absolute Gasteiger partial charge is 0.271 e. The van der Waals surface area contributed by atoms with Gasteiger partial charge in [0.2, 0.25) is 0 Å². The molecule has 3 rings (SSSR count). The van der Waals surface area contributed by atoms with Gasteiger partial charge in [-0.2, -0.15) is 8.42 Å². The Balaban J connectivity index is 0.00000432. The van der Waals surface area contributed by atoms with Gasteiger partial charge >= 0.3 is 0 Å². The molecule has 0 aliphatic carbocycles. The number of rotatable bonds is 13. The van der Waals surface area contributed by atoms with Gasteiger partial charge in [-0.25, -0.2) is 0 Å². The highest BCUT2D eigenvalue weighted by Crippen LogP contribution is 2.25. The predicted molar refractivity (Wildman–Crippen MR) is 147 cm³/mol. The van der Waals surface area contributed by atoms with Crippen LogP contribution in [-0.4, -0.2) is 41.8 Å². The number of aryl methyl sites for hydroxylation is 1. The lowest BCUT2D eigenvalue weighted by atomic mass is 10.0. The molecule has 1 unspecified atom stereocenters. The second-order valence-electron chi connectivity index (χ2n) is 8.79. The monoisotopic (exact) mass is 498 g/mol. The minimum Gasteiger partial charge on any atom is -0.412 e. The number of unbranched alkanes of at least 4 members (excludes halogenated alkanes) is 2. The molecular formula is C28H38N2O4S. The van der Waals surface area contributed by atoms with Crippen LogP contribution in [0.4, 0.5) is 5.69 Å². The van der Waals surface area contributed by atoms with Crippen LogP contribution in [0.5, 0.6) is 0 Å². The quantitative estimate of drug-likeness (QED) is 0.304. The summed E-state index contributed by atoms with van der Waals surface area (Å²) in [5.41, 5.74) is 3.15. The van der Waals surface area contributed by atoms with Crippen LogP contribution in [0.3, 0.4) is 0 Å². The second-order valence-corrected chi connectivity index (χ2v) is 10.4. The van der Waals surface area contributed by atoms with Crippen LogP contribution in [0.2, 0.25) is 0 Å².